The first-order valence-electron chi connectivity index (χ1n) is 4.39. The Kier molecular flexibility index (Phi) is 3.88. The van der Waals surface area contributed by atoms with Crippen LogP contribution in [-0.4, -0.2) is 43.4 Å². The third-order valence-electron chi connectivity index (χ3n) is 2.36. The second-order valence-corrected chi connectivity index (χ2v) is 3.36. The summed E-state index contributed by atoms with van der Waals surface area (Å²) in [5, 5.41) is 0. The van der Waals surface area contributed by atoms with Crippen molar-refractivity contribution >= 4 is 0 Å². The SMILES string of the molecule is N[C@@H]1CCCN(C(CF)CF)C1. The van der Waals surface area contributed by atoms with E-state index >= 15 is 0 Å². The van der Waals surface area contributed by atoms with Gasteiger partial charge in [0.15, 0.2) is 0 Å². The smallest absolute Gasteiger partial charge is 0.107 e. The van der Waals surface area contributed by atoms with Crippen LogP contribution in [0, 0.1) is 0 Å². The van der Waals surface area contributed by atoms with Gasteiger partial charge in [0.25, 0.3) is 0 Å². The van der Waals surface area contributed by atoms with Crippen LogP contribution < -0.4 is 5.73 Å². The van der Waals surface area contributed by atoms with Crippen molar-refractivity contribution in [1.82, 2.24) is 4.90 Å². The van der Waals surface area contributed by atoms with Crippen LogP contribution in [0.2, 0.25) is 0 Å². The molecular weight excluding hydrogens is 162 g/mol. The molecule has 0 unspecified atom stereocenters. The highest BCUT2D eigenvalue weighted by Gasteiger charge is 2.23. The Bertz CT molecular complexity index is 128. The van der Waals surface area contributed by atoms with E-state index in [0.717, 1.165) is 19.4 Å². The van der Waals surface area contributed by atoms with Gasteiger partial charge in [0.1, 0.15) is 13.3 Å². The van der Waals surface area contributed by atoms with E-state index in [1.165, 1.54) is 0 Å². The molecule has 0 aromatic carbocycles. The normalized spacial score (nSPS) is 26.5. The van der Waals surface area contributed by atoms with E-state index < -0.39 is 19.4 Å². The van der Waals surface area contributed by atoms with Crippen LogP contribution in [0.15, 0.2) is 0 Å². The van der Waals surface area contributed by atoms with Crippen molar-refractivity contribution in [2.75, 3.05) is 26.4 Å². The summed E-state index contributed by atoms with van der Waals surface area (Å²) >= 11 is 0. The first kappa shape index (κ1) is 9.86. The van der Waals surface area contributed by atoms with Gasteiger partial charge in [-0.3, -0.25) is 4.90 Å². The van der Waals surface area contributed by atoms with Gasteiger partial charge in [-0.05, 0) is 19.4 Å². The van der Waals surface area contributed by atoms with Crippen LogP contribution in [0.5, 0.6) is 0 Å². The number of halogens is 2. The van der Waals surface area contributed by atoms with E-state index in [4.69, 9.17) is 5.73 Å². The fraction of sp³-hybridized carbons (Fsp3) is 1.00. The number of nitrogens with two attached hydrogens (primary N) is 1. The minimum atomic E-state index is -0.608. The molecule has 1 heterocycles. The Labute approximate surface area is 71.7 Å². The number of piperidine rings is 1. The summed E-state index contributed by atoms with van der Waals surface area (Å²) in [6.07, 6.45) is 1.93. The molecule has 0 radical (unpaired) electrons. The average Bonchev–Trinajstić information content (AvgIpc) is 2.07. The van der Waals surface area contributed by atoms with E-state index in [1.807, 2.05) is 4.90 Å². The van der Waals surface area contributed by atoms with Gasteiger partial charge in [-0.15, -0.1) is 0 Å². The van der Waals surface area contributed by atoms with Gasteiger partial charge in [-0.25, -0.2) is 8.78 Å². The van der Waals surface area contributed by atoms with Crippen LogP contribution in [0.25, 0.3) is 0 Å². The molecule has 1 rings (SSSR count). The molecule has 0 bridgehead atoms. The third-order valence-corrected chi connectivity index (χ3v) is 2.36. The quantitative estimate of drug-likeness (QED) is 0.690. The molecule has 1 aliphatic rings. The Balaban J connectivity index is 2.38. The predicted molar refractivity (Wildman–Crippen MR) is 44.5 cm³/mol. The standard InChI is InChI=1S/C8H16F2N2/c9-4-8(5-10)12-3-1-2-7(11)6-12/h7-8H,1-6,11H2/t7-/m1/s1. The van der Waals surface area contributed by atoms with Gasteiger partial charge in [-0.2, -0.15) is 0 Å². The van der Waals surface area contributed by atoms with Crippen LogP contribution in [0.1, 0.15) is 12.8 Å². The van der Waals surface area contributed by atoms with Gasteiger partial charge in [0, 0.05) is 12.6 Å². The van der Waals surface area contributed by atoms with Crippen LogP contribution >= 0.6 is 0 Å². The minimum absolute atomic E-state index is 0.0966. The molecule has 0 amide bonds. The van der Waals surface area contributed by atoms with E-state index in [-0.39, 0.29) is 6.04 Å². The fourth-order valence-corrected chi connectivity index (χ4v) is 1.61. The molecule has 1 aliphatic heterocycles. The summed E-state index contributed by atoms with van der Waals surface area (Å²) in [6, 6.07) is -0.462. The summed E-state index contributed by atoms with van der Waals surface area (Å²) < 4.78 is 24.5. The molecule has 1 fully saturated rings. The number of hydrogen-bond donors (Lipinski definition) is 1. The molecule has 12 heavy (non-hydrogen) atoms. The van der Waals surface area contributed by atoms with E-state index in [2.05, 4.69) is 0 Å². The molecule has 0 spiro atoms. The molecule has 0 aromatic rings. The molecule has 0 aromatic heterocycles. The second kappa shape index (κ2) is 4.72. The van der Waals surface area contributed by atoms with Gasteiger partial charge in [0.05, 0.1) is 6.04 Å². The number of rotatable bonds is 3. The van der Waals surface area contributed by atoms with Gasteiger partial charge >= 0.3 is 0 Å². The molecule has 4 heteroatoms. The van der Waals surface area contributed by atoms with E-state index in [0.29, 0.717) is 6.54 Å². The molecule has 1 saturated heterocycles. The van der Waals surface area contributed by atoms with Crippen LogP contribution in [0.4, 0.5) is 8.78 Å². The number of nitrogens with zero attached hydrogens (tertiary/aromatic N) is 1. The second-order valence-electron chi connectivity index (χ2n) is 3.36. The van der Waals surface area contributed by atoms with Crippen LogP contribution in [0.3, 0.4) is 0 Å². The first-order chi connectivity index (χ1) is 5.77. The maximum Gasteiger partial charge on any atom is 0.107 e. The van der Waals surface area contributed by atoms with Crippen molar-refractivity contribution in [2.45, 2.75) is 24.9 Å². The predicted octanol–water partition coefficient (Wildman–Crippen LogP) is 0.717. The largest absolute Gasteiger partial charge is 0.327 e. The lowest BCUT2D eigenvalue weighted by Crippen LogP contribution is -2.49. The molecule has 2 nitrogen and oxygen atoms in total. The van der Waals surface area contributed by atoms with E-state index in [1.54, 1.807) is 0 Å². The van der Waals surface area contributed by atoms with Crippen molar-refractivity contribution < 1.29 is 8.78 Å². The molecule has 1 atom stereocenters. The van der Waals surface area contributed by atoms with Crippen molar-refractivity contribution in [3.8, 4) is 0 Å². The van der Waals surface area contributed by atoms with Crippen molar-refractivity contribution in [1.29, 1.82) is 0 Å². The van der Waals surface area contributed by atoms with Crippen LogP contribution in [-0.2, 0) is 0 Å². The zero-order valence-corrected chi connectivity index (χ0v) is 7.18. The summed E-state index contributed by atoms with van der Waals surface area (Å²) in [6.45, 7) is 0.206. The lowest BCUT2D eigenvalue weighted by molar-refractivity contribution is 0.107. The van der Waals surface area contributed by atoms with E-state index in [9.17, 15) is 8.78 Å². The maximum absolute atomic E-state index is 12.2. The molecule has 0 saturated carbocycles. The number of hydrogen-bond acceptors (Lipinski definition) is 2. The maximum atomic E-state index is 12.2. The third kappa shape index (κ3) is 2.38. The number of alkyl halides is 2. The van der Waals surface area contributed by atoms with Crippen molar-refractivity contribution in [3.05, 3.63) is 0 Å². The van der Waals surface area contributed by atoms with Crippen molar-refractivity contribution in [3.63, 3.8) is 0 Å². The average molecular weight is 178 g/mol. The highest BCUT2D eigenvalue weighted by Crippen LogP contribution is 2.12. The lowest BCUT2D eigenvalue weighted by atomic mass is 10.1. The molecular formula is C8H16F2N2. The van der Waals surface area contributed by atoms with Gasteiger partial charge in [-0.1, -0.05) is 0 Å². The summed E-state index contributed by atoms with van der Waals surface area (Å²) in [4.78, 5) is 1.81. The highest BCUT2D eigenvalue weighted by molar-refractivity contribution is 4.80. The monoisotopic (exact) mass is 178 g/mol. The number of likely N-dealkylation sites (tertiary alicyclic amines) is 1. The summed E-state index contributed by atoms with van der Waals surface area (Å²) in [5.74, 6) is 0. The lowest BCUT2D eigenvalue weighted by Gasteiger charge is -2.34. The Morgan fingerprint density at radius 1 is 1.42 bits per heavy atom. The zero-order valence-electron chi connectivity index (χ0n) is 7.18. The highest BCUT2D eigenvalue weighted by atomic mass is 19.1. The Morgan fingerprint density at radius 2 is 2.08 bits per heavy atom. The zero-order chi connectivity index (χ0) is 8.97. The molecule has 2 N–H and O–H groups in total. The fourth-order valence-electron chi connectivity index (χ4n) is 1.61. The van der Waals surface area contributed by atoms with Crippen molar-refractivity contribution in [2.24, 2.45) is 5.73 Å². The molecule has 0 aliphatic carbocycles. The Morgan fingerprint density at radius 3 is 2.58 bits per heavy atom. The van der Waals surface area contributed by atoms with Gasteiger partial charge in [0.2, 0.25) is 0 Å². The topological polar surface area (TPSA) is 29.3 Å². The van der Waals surface area contributed by atoms with Gasteiger partial charge < -0.3 is 5.73 Å². The Hall–Kier alpha value is -0.220. The first-order valence-corrected chi connectivity index (χ1v) is 4.39. The molecule has 72 valence electrons. The minimum Gasteiger partial charge on any atom is -0.327 e. The summed E-state index contributed by atoms with van der Waals surface area (Å²) in [5.41, 5.74) is 5.69. The summed E-state index contributed by atoms with van der Waals surface area (Å²) in [7, 11) is 0.